The number of nitrogens with zero attached hydrogens (tertiary/aromatic N) is 2. The van der Waals surface area contributed by atoms with Crippen LogP contribution in [0.25, 0.3) is 0 Å². The van der Waals surface area contributed by atoms with Crippen LogP contribution in [0.2, 0.25) is 0 Å². The monoisotopic (exact) mass is 258 g/mol. The van der Waals surface area contributed by atoms with Gasteiger partial charge in [0, 0.05) is 11.3 Å². The van der Waals surface area contributed by atoms with Crippen LogP contribution in [0.1, 0.15) is 26.3 Å². The van der Waals surface area contributed by atoms with Crippen molar-refractivity contribution in [2.24, 2.45) is 10.9 Å². The lowest BCUT2D eigenvalue weighted by atomic mass is 9.84. The molecule has 19 heavy (non-hydrogen) atoms. The summed E-state index contributed by atoms with van der Waals surface area (Å²) in [4.78, 5) is 11.0. The maximum absolute atomic E-state index is 6.00. The molecular formula is C15H18N2O2. The summed E-state index contributed by atoms with van der Waals surface area (Å²) in [7, 11) is 0. The molecule has 0 N–H and O–H groups in total. The van der Waals surface area contributed by atoms with Crippen LogP contribution in [0.3, 0.4) is 0 Å². The Bertz CT molecular complexity index is 581. The van der Waals surface area contributed by atoms with Gasteiger partial charge in [0.1, 0.15) is 5.75 Å². The predicted molar refractivity (Wildman–Crippen MR) is 72.1 cm³/mol. The molecule has 4 nitrogen and oxygen atoms in total. The van der Waals surface area contributed by atoms with Crippen molar-refractivity contribution in [1.82, 2.24) is 5.06 Å². The van der Waals surface area contributed by atoms with Gasteiger partial charge in [-0.3, -0.25) is 9.83 Å². The molecule has 1 spiro atoms. The second kappa shape index (κ2) is 3.38. The minimum absolute atomic E-state index is 0.167. The van der Waals surface area contributed by atoms with E-state index in [0.29, 0.717) is 13.2 Å². The zero-order chi connectivity index (χ0) is 13.3. The molecule has 0 radical (unpaired) electrons. The first-order valence-corrected chi connectivity index (χ1v) is 6.79. The molecule has 0 aromatic heterocycles. The van der Waals surface area contributed by atoms with E-state index in [9.17, 15) is 0 Å². The summed E-state index contributed by atoms with van der Waals surface area (Å²) in [6.07, 6.45) is 0. The molecule has 4 rings (SSSR count). The molecule has 1 saturated heterocycles. The fraction of sp³-hybridized carbons (Fsp3) is 0.533. The SMILES string of the molecule is CC1=N[C@@]23c4ccccc4OC[C@@H]2CON3C1(C)C. The van der Waals surface area contributed by atoms with E-state index in [1.54, 1.807) is 0 Å². The van der Waals surface area contributed by atoms with Gasteiger partial charge in [0.05, 0.1) is 24.7 Å². The molecule has 3 heterocycles. The maximum atomic E-state index is 6.00. The first kappa shape index (κ1) is 11.4. The smallest absolute Gasteiger partial charge is 0.173 e. The van der Waals surface area contributed by atoms with E-state index in [1.807, 2.05) is 18.2 Å². The van der Waals surface area contributed by atoms with Crippen molar-refractivity contribution in [2.45, 2.75) is 32.0 Å². The molecule has 1 fully saturated rings. The topological polar surface area (TPSA) is 34.1 Å². The van der Waals surface area contributed by atoms with Crippen LogP contribution in [0.15, 0.2) is 29.3 Å². The average molecular weight is 258 g/mol. The Morgan fingerprint density at radius 1 is 1.26 bits per heavy atom. The summed E-state index contributed by atoms with van der Waals surface area (Å²) in [5.74, 6) is 1.20. The minimum atomic E-state index is -0.386. The second-order valence-electron chi connectivity index (χ2n) is 6.08. The molecular weight excluding hydrogens is 240 g/mol. The van der Waals surface area contributed by atoms with E-state index in [-0.39, 0.29) is 17.1 Å². The standard InChI is InChI=1S/C15H18N2O2/c1-10-14(2,3)17-15(16-10)11(9-19-17)8-18-13-7-5-4-6-12(13)15/h4-7,11H,8-9H2,1-3H3/t11-,15+/m1/s1. The first-order chi connectivity index (χ1) is 9.07. The lowest BCUT2D eigenvalue weighted by Crippen LogP contribution is -2.52. The third-order valence-electron chi connectivity index (χ3n) is 4.74. The predicted octanol–water partition coefficient (Wildman–Crippen LogP) is 2.35. The summed E-state index contributed by atoms with van der Waals surface area (Å²) in [6.45, 7) is 7.77. The van der Waals surface area contributed by atoms with Crippen LogP contribution in [0.4, 0.5) is 0 Å². The van der Waals surface area contributed by atoms with Gasteiger partial charge in [-0.25, -0.2) is 0 Å². The summed E-state index contributed by atoms with van der Waals surface area (Å²) >= 11 is 0. The Balaban J connectivity index is 1.98. The number of hydrogen-bond donors (Lipinski definition) is 0. The molecule has 0 unspecified atom stereocenters. The van der Waals surface area contributed by atoms with E-state index in [1.165, 1.54) is 0 Å². The molecule has 100 valence electrons. The average Bonchev–Trinajstić information content (AvgIpc) is 2.86. The van der Waals surface area contributed by atoms with Crippen molar-refractivity contribution in [3.63, 3.8) is 0 Å². The van der Waals surface area contributed by atoms with Gasteiger partial charge < -0.3 is 4.74 Å². The molecule has 4 heteroatoms. The fourth-order valence-electron chi connectivity index (χ4n) is 3.45. The molecule has 1 aromatic rings. The summed E-state index contributed by atoms with van der Waals surface area (Å²) in [5, 5.41) is 2.08. The van der Waals surface area contributed by atoms with Crippen LogP contribution in [0.5, 0.6) is 5.75 Å². The number of ether oxygens (including phenoxy) is 1. The largest absolute Gasteiger partial charge is 0.493 e. The van der Waals surface area contributed by atoms with Crippen LogP contribution in [-0.4, -0.2) is 29.5 Å². The number of rotatable bonds is 0. The van der Waals surface area contributed by atoms with Crippen molar-refractivity contribution in [1.29, 1.82) is 0 Å². The minimum Gasteiger partial charge on any atom is -0.493 e. The van der Waals surface area contributed by atoms with E-state index < -0.39 is 0 Å². The number of hydrogen-bond acceptors (Lipinski definition) is 4. The van der Waals surface area contributed by atoms with Gasteiger partial charge >= 0.3 is 0 Å². The highest BCUT2D eigenvalue weighted by Crippen LogP contribution is 2.55. The van der Waals surface area contributed by atoms with Crippen LogP contribution in [-0.2, 0) is 10.5 Å². The lowest BCUT2D eigenvalue weighted by Gasteiger charge is -2.41. The zero-order valence-electron chi connectivity index (χ0n) is 11.5. The Hall–Kier alpha value is -1.39. The summed E-state index contributed by atoms with van der Waals surface area (Å²) < 4.78 is 5.87. The number of para-hydroxylation sites is 1. The van der Waals surface area contributed by atoms with Crippen molar-refractivity contribution < 1.29 is 9.57 Å². The van der Waals surface area contributed by atoms with E-state index in [4.69, 9.17) is 14.6 Å². The highest BCUT2D eigenvalue weighted by molar-refractivity contribution is 5.93. The van der Waals surface area contributed by atoms with Crippen molar-refractivity contribution in [2.75, 3.05) is 13.2 Å². The van der Waals surface area contributed by atoms with Gasteiger partial charge in [-0.15, -0.1) is 5.06 Å². The fourth-order valence-corrected chi connectivity index (χ4v) is 3.45. The van der Waals surface area contributed by atoms with E-state index in [2.05, 4.69) is 31.9 Å². The van der Waals surface area contributed by atoms with Crippen LogP contribution in [0, 0.1) is 5.92 Å². The summed E-state index contributed by atoms with van der Waals surface area (Å²) in [6, 6.07) is 8.19. The number of aliphatic imine (C=N–C) groups is 1. The maximum Gasteiger partial charge on any atom is 0.173 e. The van der Waals surface area contributed by atoms with Gasteiger partial charge in [-0.05, 0) is 26.8 Å². The number of fused-ring (bicyclic) bond motifs is 1. The highest BCUT2D eigenvalue weighted by Gasteiger charge is 2.63. The molecule has 0 aliphatic carbocycles. The van der Waals surface area contributed by atoms with Crippen molar-refractivity contribution in [3.05, 3.63) is 29.8 Å². The molecule has 1 aromatic carbocycles. The number of hydroxylamine groups is 2. The molecule has 3 aliphatic heterocycles. The van der Waals surface area contributed by atoms with Crippen molar-refractivity contribution in [3.8, 4) is 5.75 Å². The van der Waals surface area contributed by atoms with Crippen LogP contribution >= 0.6 is 0 Å². The normalized spacial score (nSPS) is 35.1. The quantitative estimate of drug-likeness (QED) is 0.716. The van der Waals surface area contributed by atoms with Gasteiger partial charge in [0.2, 0.25) is 0 Å². The van der Waals surface area contributed by atoms with Gasteiger partial charge in [0.15, 0.2) is 5.66 Å². The van der Waals surface area contributed by atoms with Gasteiger partial charge in [-0.1, -0.05) is 18.2 Å². The van der Waals surface area contributed by atoms with Crippen LogP contribution < -0.4 is 4.74 Å². The molecule has 0 bridgehead atoms. The lowest BCUT2D eigenvalue weighted by molar-refractivity contribution is -0.196. The van der Waals surface area contributed by atoms with Gasteiger partial charge in [0.25, 0.3) is 0 Å². The molecule has 0 amide bonds. The Labute approximate surface area is 113 Å². The third kappa shape index (κ3) is 1.19. The first-order valence-electron chi connectivity index (χ1n) is 6.79. The number of benzene rings is 1. The van der Waals surface area contributed by atoms with Crippen molar-refractivity contribution >= 4 is 5.71 Å². The third-order valence-corrected chi connectivity index (χ3v) is 4.74. The Morgan fingerprint density at radius 2 is 2.05 bits per heavy atom. The molecule has 3 aliphatic rings. The molecule has 0 saturated carbocycles. The van der Waals surface area contributed by atoms with Gasteiger partial charge in [-0.2, -0.15) is 0 Å². The Kier molecular flexibility index (Phi) is 2.03. The zero-order valence-corrected chi connectivity index (χ0v) is 11.5. The van der Waals surface area contributed by atoms with E-state index >= 15 is 0 Å². The Morgan fingerprint density at radius 3 is 2.89 bits per heavy atom. The summed E-state index contributed by atoms with van der Waals surface area (Å²) in [5.41, 5.74) is 1.70. The van der Waals surface area contributed by atoms with E-state index in [0.717, 1.165) is 17.0 Å². The second-order valence-corrected chi connectivity index (χ2v) is 6.08. The highest BCUT2D eigenvalue weighted by atomic mass is 16.7. The molecule has 2 atom stereocenters.